The SMILES string of the molecule is CCOC(=O)c1c(C)nc(OCc2ccccc2)nc1-c1ccccc1. The minimum atomic E-state index is -0.432. The number of carbonyl (C=O) groups is 1. The molecule has 0 amide bonds. The van der Waals surface area contributed by atoms with Gasteiger partial charge in [-0.05, 0) is 19.4 Å². The summed E-state index contributed by atoms with van der Waals surface area (Å²) in [7, 11) is 0. The number of carbonyl (C=O) groups excluding carboxylic acids is 1. The van der Waals surface area contributed by atoms with E-state index < -0.39 is 5.97 Å². The lowest BCUT2D eigenvalue weighted by Gasteiger charge is -2.13. The number of esters is 1. The van der Waals surface area contributed by atoms with Crippen molar-refractivity contribution in [2.75, 3.05) is 6.61 Å². The first-order valence-electron chi connectivity index (χ1n) is 8.47. The highest BCUT2D eigenvalue weighted by Gasteiger charge is 2.21. The molecule has 1 aromatic heterocycles. The number of hydrogen-bond donors (Lipinski definition) is 0. The Hall–Kier alpha value is -3.21. The Labute approximate surface area is 152 Å². The van der Waals surface area contributed by atoms with Crippen LogP contribution in [-0.4, -0.2) is 22.5 Å². The highest BCUT2D eigenvalue weighted by Crippen LogP contribution is 2.26. The molecule has 1 heterocycles. The smallest absolute Gasteiger partial charge is 0.342 e. The molecule has 0 aliphatic rings. The number of nitrogens with zero attached hydrogens (tertiary/aromatic N) is 2. The van der Waals surface area contributed by atoms with Gasteiger partial charge < -0.3 is 9.47 Å². The molecule has 5 nitrogen and oxygen atoms in total. The largest absolute Gasteiger partial charge is 0.462 e. The molecule has 0 saturated heterocycles. The van der Waals surface area contributed by atoms with Crippen molar-refractivity contribution in [3.63, 3.8) is 0 Å². The molecule has 3 aromatic rings. The number of rotatable bonds is 6. The minimum Gasteiger partial charge on any atom is -0.462 e. The van der Waals surface area contributed by atoms with E-state index in [1.54, 1.807) is 13.8 Å². The van der Waals surface area contributed by atoms with E-state index in [4.69, 9.17) is 9.47 Å². The molecule has 0 saturated carbocycles. The van der Waals surface area contributed by atoms with Gasteiger partial charge in [0.05, 0.1) is 18.0 Å². The van der Waals surface area contributed by atoms with Gasteiger partial charge in [-0.2, -0.15) is 9.97 Å². The van der Waals surface area contributed by atoms with Gasteiger partial charge in [-0.25, -0.2) is 4.79 Å². The third-order valence-electron chi connectivity index (χ3n) is 3.81. The first-order valence-corrected chi connectivity index (χ1v) is 8.47. The fourth-order valence-corrected chi connectivity index (χ4v) is 2.59. The fraction of sp³-hybridized carbons (Fsp3) is 0.190. The molecule has 0 spiro atoms. The van der Waals surface area contributed by atoms with Crippen LogP contribution in [0.5, 0.6) is 6.01 Å². The Morgan fingerprint density at radius 3 is 2.27 bits per heavy atom. The monoisotopic (exact) mass is 348 g/mol. The van der Waals surface area contributed by atoms with Gasteiger partial charge in [0, 0.05) is 5.56 Å². The maximum atomic E-state index is 12.4. The zero-order chi connectivity index (χ0) is 18.4. The van der Waals surface area contributed by atoms with Crippen LogP contribution >= 0.6 is 0 Å². The van der Waals surface area contributed by atoms with Crippen molar-refractivity contribution in [3.05, 3.63) is 77.5 Å². The molecule has 26 heavy (non-hydrogen) atoms. The van der Waals surface area contributed by atoms with Gasteiger partial charge in [0.25, 0.3) is 0 Å². The van der Waals surface area contributed by atoms with Crippen LogP contribution in [0.1, 0.15) is 28.5 Å². The quantitative estimate of drug-likeness (QED) is 0.625. The lowest BCUT2D eigenvalue weighted by Crippen LogP contribution is -2.13. The highest BCUT2D eigenvalue weighted by atomic mass is 16.5. The lowest BCUT2D eigenvalue weighted by atomic mass is 10.0. The molecule has 0 unspecified atom stereocenters. The van der Waals surface area contributed by atoms with Crippen LogP contribution in [-0.2, 0) is 11.3 Å². The summed E-state index contributed by atoms with van der Waals surface area (Å²) < 4.78 is 10.9. The minimum absolute atomic E-state index is 0.234. The second kappa shape index (κ2) is 8.25. The van der Waals surface area contributed by atoms with Gasteiger partial charge >= 0.3 is 12.0 Å². The van der Waals surface area contributed by atoms with Crippen LogP contribution in [0.3, 0.4) is 0 Å². The summed E-state index contributed by atoms with van der Waals surface area (Å²) in [6, 6.07) is 19.5. The average molecular weight is 348 g/mol. The summed E-state index contributed by atoms with van der Waals surface area (Å²) in [5.74, 6) is -0.432. The van der Waals surface area contributed by atoms with E-state index in [9.17, 15) is 4.79 Å². The predicted molar refractivity (Wildman–Crippen MR) is 98.9 cm³/mol. The summed E-state index contributed by atoms with van der Waals surface area (Å²) >= 11 is 0. The highest BCUT2D eigenvalue weighted by molar-refractivity contribution is 5.97. The van der Waals surface area contributed by atoms with Gasteiger partial charge in [-0.3, -0.25) is 0 Å². The molecule has 0 atom stereocenters. The van der Waals surface area contributed by atoms with Crippen molar-refractivity contribution >= 4 is 5.97 Å². The Balaban J connectivity index is 1.97. The maximum absolute atomic E-state index is 12.4. The lowest BCUT2D eigenvalue weighted by molar-refractivity contribution is 0.0525. The Morgan fingerprint density at radius 1 is 0.962 bits per heavy atom. The van der Waals surface area contributed by atoms with Gasteiger partial charge in [0.1, 0.15) is 12.2 Å². The van der Waals surface area contributed by atoms with E-state index in [1.165, 1.54) is 0 Å². The maximum Gasteiger partial charge on any atom is 0.342 e. The molecule has 2 aromatic carbocycles. The molecular formula is C21H20N2O3. The molecule has 0 bridgehead atoms. The van der Waals surface area contributed by atoms with E-state index in [2.05, 4.69) is 9.97 Å². The van der Waals surface area contributed by atoms with E-state index in [1.807, 2.05) is 60.7 Å². The first-order chi connectivity index (χ1) is 12.7. The molecule has 132 valence electrons. The average Bonchev–Trinajstić information content (AvgIpc) is 2.67. The summed E-state index contributed by atoms with van der Waals surface area (Å²) in [4.78, 5) is 21.2. The molecule has 0 radical (unpaired) electrons. The second-order valence-electron chi connectivity index (χ2n) is 5.68. The van der Waals surface area contributed by atoms with E-state index in [0.29, 0.717) is 30.2 Å². The van der Waals surface area contributed by atoms with Gasteiger partial charge in [0.15, 0.2) is 0 Å². The molecule has 0 fully saturated rings. The number of benzene rings is 2. The van der Waals surface area contributed by atoms with Gasteiger partial charge in [-0.1, -0.05) is 60.7 Å². The summed E-state index contributed by atoms with van der Waals surface area (Å²) in [6.45, 7) is 4.18. The van der Waals surface area contributed by atoms with Crippen LogP contribution in [0.15, 0.2) is 60.7 Å². The third-order valence-corrected chi connectivity index (χ3v) is 3.81. The standard InChI is InChI=1S/C21H20N2O3/c1-3-25-20(24)18-15(2)22-21(26-14-16-10-6-4-7-11-16)23-19(18)17-12-8-5-9-13-17/h4-13H,3,14H2,1-2H3. The summed E-state index contributed by atoms with van der Waals surface area (Å²) in [5.41, 5.74) is 3.24. The molecule has 0 aliphatic heterocycles. The van der Waals surface area contributed by atoms with E-state index in [-0.39, 0.29) is 6.01 Å². The Morgan fingerprint density at radius 2 is 1.62 bits per heavy atom. The number of aromatic nitrogens is 2. The van der Waals surface area contributed by atoms with Crippen molar-refractivity contribution in [1.29, 1.82) is 0 Å². The summed E-state index contributed by atoms with van der Waals surface area (Å²) in [5, 5.41) is 0. The number of hydrogen-bond acceptors (Lipinski definition) is 5. The van der Waals surface area contributed by atoms with Crippen LogP contribution < -0.4 is 4.74 Å². The number of ether oxygens (including phenoxy) is 2. The second-order valence-corrected chi connectivity index (χ2v) is 5.68. The van der Waals surface area contributed by atoms with Gasteiger partial charge in [0.2, 0.25) is 0 Å². The Bertz CT molecular complexity index is 881. The van der Waals surface area contributed by atoms with Crippen LogP contribution in [0.2, 0.25) is 0 Å². The zero-order valence-electron chi connectivity index (χ0n) is 14.8. The zero-order valence-corrected chi connectivity index (χ0v) is 14.8. The van der Waals surface area contributed by atoms with Crippen molar-refractivity contribution in [2.45, 2.75) is 20.5 Å². The third kappa shape index (κ3) is 4.06. The van der Waals surface area contributed by atoms with E-state index >= 15 is 0 Å². The topological polar surface area (TPSA) is 61.3 Å². The molecule has 5 heteroatoms. The van der Waals surface area contributed by atoms with Crippen LogP contribution in [0.25, 0.3) is 11.3 Å². The molecular weight excluding hydrogens is 328 g/mol. The van der Waals surface area contributed by atoms with Crippen LogP contribution in [0, 0.1) is 6.92 Å². The van der Waals surface area contributed by atoms with Crippen LogP contribution in [0.4, 0.5) is 0 Å². The molecule has 3 rings (SSSR count). The number of aryl methyl sites for hydroxylation is 1. The predicted octanol–water partition coefficient (Wildman–Crippen LogP) is 4.21. The molecule has 0 aliphatic carbocycles. The Kier molecular flexibility index (Phi) is 5.59. The van der Waals surface area contributed by atoms with E-state index in [0.717, 1.165) is 11.1 Å². The van der Waals surface area contributed by atoms with Crippen molar-refractivity contribution in [2.24, 2.45) is 0 Å². The first kappa shape index (κ1) is 17.6. The van der Waals surface area contributed by atoms with Crippen molar-refractivity contribution < 1.29 is 14.3 Å². The summed E-state index contributed by atoms with van der Waals surface area (Å²) in [6.07, 6.45) is 0. The normalized spacial score (nSPS) is 10.4. The van der Waals surface area contributed by atoms with Gasteiger partial charge in [-0.15, -0.1) is 0 Å². The molecule has 0 N–H and O–H groups in total. The van der Waals surface area contributed by atoms with Crippen molar-refractivity contribution in [1.82, 2.24) is 9.97 Å². The van der Waals surface area contributed by atoms with Crippen molar-refractivity contribution in [3.8, 4) is 17.3 Å². The fourth-order valence-electron chi connectivity index (χ4n) is 2.59.